The van der Waals surface area contributed by atoms with E-state index in [9.17, 15) is 10.1 Å². The maximum Gasteiger partial charge on any atom is 0.262 e. The number of carbonyl (C=O) groups is 1. The first-order valence-electron chi connectivity index (χ1n) is 11.8. The molecule has 0 atom stereocenters. The molecule has 4 rings (SSSR count). The van der Waals surface area contributed by atoms with Crippen molar-refractivity contribution in [1.29, 1.82) is 5.26 Å². The number of hydrogen-bond acceptors (Lipinski definition) is 5. The first-order chi connectivity index (χ1) is 16.4. The molecule has 0 bridgehead atoms. The molecule has 2 heterocycles. The van der Waals surface area contributed by atoms with Gasteiger partial charge in [-0.25, -0.2) is 0 Å². The van der Waals surface area contributed by atoms with Crippen molar-refractivity contribution in [2.45, 2.75) is 45.1 Å². The number of aliphatic hydroxyl groups excluding tert-OH is 1. The number of amides is 1. The maximum atomic E-state index is 12.5. The summed E-state index contributed by atoms with van der Waals surface area (Å²) in [5.41, 5.74) is 1.55. The van der Waals surface area contributed by atoms with E-state index < -0.39 is 11.4 Å². The molecule has 0 spiro atoms. The van der Waals surface area contributed by atoms with Crippen LogP contribution in [0.2, 0.25) is 0 Å². The van der Waals surface area contributed by atoms with Crippen LogP contribution >= 0.6 is 0 Å². The van der Waals surface area contributed by atoms with E-state index in [1.807, 2.05) is 18.2 Å². The summed E-state index contributed by atoms with van der Waals surface area (Å²) in [5.74, 6) is 0.614. The number of aliphatic hydroxyl groups is 1. The number of hydrogen-bond donors (Lipinski definition) is 2. The number of rotatable bonds is 7. The lowest BCUT2D eigenvalue weighted by atomic mass is 10.0. The van der Waals surface area contributed by atoms with Gasteiger partial charge in [-0.3, -0.25) is 4.79 Å². The zero-order valence-corrected chi connectivity index (χ0v) is 19.8. The van der Waals surface area contributed by atoms with Crippen LogP contribution in [0.15, 0.2) is 58.5 Å². The molecule has 0 aliphatic carbocycles. The highest BCUT2D eigenvalue weighted by atomic mass is 16.3. The average Bonchev–Trinajstić information content (AvgIpc) is 3.30. The van der Waals surface area contributed by atoms with Crippen molar-refractivity contribution in [3.63, 3.8) is 0 Å². The third kappa shape index (κ3) is 5.49. The molecule has 0 unspecified atom stereocenters. The van der Waals surface area contributed by atoms with Gasteiger partial charge in [0.25, 0.3) is 5.91 Å². The topological polar surface area (TPSA) is 89.5 Å². The van der Waals surface area contributed by atoms with Crippen LogP contribution in [0.1, 0.15) is 45.3 Å². The Morgan fingerprint density at radius 2 is 1.85 bits per heavy atom. The quantitative estimate of drug-likeness (QED) is 0.372. The highest BCUT2D eigenvalue weighted by molar-refractivity contribution is 6.01. The van der Waals surface area contributed by atoms with Crippen molar-refractivity contribution in [3.05, 3.63) is 59.9 Å². The van der Waals surface area contributed by atoms with E-state index in [0.29, 0.717) is 17.9 Å². The predicted molar refractivity (Wildman–Crippen MR) is 135 cm³/mol. The molecule has 0 radical (unpaired) electrons. The van der Waals surface area contributed by atoms with Gasteiger partial charge in [0.15, 0.2) is 0 Å². The Labute approximate surface area is 200 Å². The minimum Gasteiger partial charge on any atom is -0.457 e. The first kappa shape index (κ1) is 23.6. The van der Waals surface area contributed by atoms with Crippen LogP contribution in [0.25, 0.3) is 28.2 Å². The van der Waals surface area contributed by atoms with Crippen molar-refractivity contribution in [3.8, 4) is 17.4 Å². The van der Waals surface area contributed by atoms with Crippen molar-refractivity contribution in [1.82, 2.24) is 5.32 Å². The Balaban J connectivity index is 1.53. The van der Waals surface area contributed by atoms with Gasteiger partial charge in [-0.15, -0.1) is 0 Å². The second kappa shape index (κ2) is 10.1. The number of anilines is 1. The Kier molecular flexibility index (Phi) is 7.04. The summed E-state index contributed by atoms with van der Waals surface area (Å²) >= 11 is 0. The van der Waals surface area contributed by atoms with E-state index in [2.05, 4.69) is 40.5 Å². The number of nitrogens with one attached hydrogen (secondary N) is 1. The van der Waals surface area contributed by atoms with Gasteiger partial charge >= 0.3 is 0 Å². The van der Waals surface area contributed by atoms with E-state index in [0.717, 1.165) is 24.0 Å². The third-order valence-corrected chi connectivity index (χ3v) is 6.30. The number of nitrogens with zero attached hydrogens (tertiary/aromatic N) is 2. The molecule has 1 amide bonds. The van der Waals surface area contributed by atoms with Crippen LogP contribution < -0.4 is 10.2 Å². The lowest BCUT2D eigenvalue weighted by Gasteiger charge is -2.29. The highest BCUT2D eigenvalue weighted by Gasteiger charge is 2.22. The number of furan rings is 1. The predicted octanol–water partition coefficient (Wildman–Crippen LogP) is 5.27. The van der Waals surface area contributed by atoms with Gasteiger partial charge in [-0.2, -0.15) is 5.26 Å². The van der Waals surface area contributed by atoms with Gasteiger partial charge in [0, 0.05) is 42.6 Å². The van der Waals surface area contributed by atoms with Gasteiger partial charge in [0.05, 0.1) is 0 Å². The Bertz CT molecular complexity index is 1240. The number of benzene rings is 2. The second-order valence-electron chi connectivity index (χ2n) is 9.48. The third-order valence-electron chi connectivity index (χ3n) is 6.30. The van der Waals surface area contributed by atoms with Crippen LogP contribution in [-0.2, 0) is 4.79 Å². The molecule has 1 saturated heterocycles. The van der Waals surface area contributed by atoms with Crippen molar-refractivity contribution >= 4 is 28.4 Å². The largest absolute Gasteiger partial charge is 0.457 e. The summed E-state index contributed by atoms with van der Waals surface area (Å²) in [6.07, 6.45) is 5.66. The van der Waals surface area contributed by atoms with E-state index in [-0.39, 0.29) is 12.2 Å². The summed E-state index contributed by atoms with van der Waals surface area (Å²) in [7, 11) is 0. The fourth-order valence-electron chi connectivity index (χ4n) is 4.33. The Hall–Kier alpha value is -3.56. The highest BCUT2D eigenvalue weighted by Crippen LogP contribution is 2.30. The molecule has 176 valence electrons. The smallest absolute Gasteiger partial charge is 0.262 e. The first-order valence-corrected chi connectivity index (χ1v) is 11.8. The van der Waals surface area contributed by atoms with Crippen LogP contribution in [-0.4, -0.2) is 36.2 Å². The molecule has 34 heavy (non-hydrogen) atoms. The van der Waals surface area contributed by atoms with Gasteiger partial charge in [0.1, 0.15) is 23.2 Å². The molecule has 2 aromatic carbocycles. The molecule has 2 N–H and O–H groups in total. The molecule has 1 fully saturated rings. The summed E-state index contributed by atoms with van der Waals surface area (Å²) in [4.78, 5) is 15.0. The SMILES string of the molecule is CC(C)(CCO)NC(=O)/C(C#N)=C/c1ccc(-c2ccc3cc(N4CCCCC4)ccc3c2)o1. The lowest BCUT2D eigenvalue weighted by molar-refractivity contribution is -0.118. The number of piperidine rings is 1. The van der Waals surface area contributed by atoms with E-state index in [1.54, 1.807) is 19.9 Å². The number of fused-ring (bicyclic) bond motifs is 1. The molecule has 0 saturated carbocycles. The zero-order chi connectivity index (χ0) is 24.1. The van der Waals surface area contributed by atoms with Crippen molar-refractivity contribution < 1.29 is 14.3 Å². The average molecular weight is 458 g/mol. The molecule has 3 aromatic rings. The fourth-order valence-corrected chi connectivity index (χ4v) is 4.33. The minimum atomic E-state index is -0.616. The van der Waals surface area contributed by atoms with Gasteiger partial charge in [-0.1, -0.05) is 18.2 Å². The van der Waals surface area contributed by atoms with Crippen LogP contribution in [0.5, 0.6) is 0 Å². The summed E-state index contributed by atoms with van der Waals surface area (Å²) < 4.78 is 5.94. The molecular formula is C28H31N3O3. The summed E-state index contributed by atoms with van der Waals surface area (Å²) in [6, 6.07) is 18.4. The Morgan fingerprint density at radius 3 is 2.59 bits per heavy atom. The van der Waals surface area contributed by atoms with Crippen LogP contribution in [0.3, 0.4) is 0 Å². The normalized spacial score (nSPS) is 14.8. The van der Waals surface area contributed by atoms with Crippen LogP contribution in [0, 0.1) is 11.3 Å². The zero-order valence-electron chi connectivity index (χ0n) is 19.8. The summed E-state index contributed by atoms with van der Waals surface area (Å²) in [6.45, 7) is 5.79. The molecule has 1 aliphatic rings. The van der Waals surface area contributed by atoms with Crippen LogP contribution in [0.4, 0.5) is 5.69 Å². The monoisotopic (exact) mass is 457 g/mol. The molecular weight excluding hydrogens is 426 g/mol. The van der Waals surface area contributed by atoms with Crippen molar-refractivity contribution in [2.24, 2.45) is 0 Å². The Morgan fingerprint density at radius 1 is 1.12 bits per heavy atom. The second-order valence-corrected chi connectivity index (χ2v) is 9.48. The number of carbonyl (C=O) groups excluding carboxylic acids is 1. The van der Waals surface area contributed by atoms with E-state index in [1.165, 1.54) is 36.4 Å². The molecule has 1 aliphatic heterocycles. The van der Waals surface area contributed by atoms with E-state index >= 15 is 0 Å². The van der Waals surface area contributed by atoms with Gasteiger partial charge < -0.3 is 19.7 Å². The van der Waals surface area contributed by atoms with E-state index in [4.69, 9.17) is 9.52 Å². The molecule has 6 nitrogen and oxygen atoms in total. The molecule has 6 heteroatoms. The van der Waals surface area contributed by atoms with Gasteiger partial charge in [-0.05, 0) is 80.6 Å². The lowest BCUT2D eigenvalue weighted by Crippen LogP contribution is -2.44. The summed E-state index contributed by atoms with van der Waals surface area (Å²) in [5, 5.41) is 23.7. The van der Waals surface area contributed by atoms with Crippen molar-refractivity contribution in [2.75, 3.05) is 24.6 Å². The minimum absolute atomic E-state index is 0.0457. The standard InChI is InChI=1S/C28H31N3O3/c1-28(2,12-15-32)30-27(33)23(19-29)18-25-10-11-26(34-25)22-7-6-21-17-24(9-8-20(21)16-22)31-13-4-3-5-14-31/h6-11,16-18,32H,3-5,12-15H2,1-2H3,(H,30,33)/b23-18+. The van der Waals surface area contributed by atoms with Gasteiger partial charge in [0.2, 0.25) is 0 Å². The number of nitriles is 1. The maximum absolute atomic E-state index is 12.5. The molecule has 1 aromatic heterocycles. The fraction of sp³-hybridized carbons (Fsp3) is 0.357.